The maximum absolute atomic E-state index is 12.6. The third kappa shape index (κ3) is 3.52. The van der Waals surface area contributed by atoms with Gasteiger partial charge in [0.1, 0.15) is 5.75 Å². The molecule has 1 heterocycles. The lowest BCUT2D eigenvalue weighted by atomic mass is 10.1. The summed E-state index contributed by atoms with van der Waals surface area (Å²) < 4.78 is 6.67. The Morgan fingerprint density at radius 2 is 2.30 bits per heavy atom. The Balaban J connectivity index is 2.21. The predicted molar refractivity (Wildman–Crippen MR) is 83.0 cm³/mol. The van der Waals surface area contributed by atoms with Crippen LogP contribution in [0.2, 0.25) is 0 Å². The molecule has 0 spiro atoms. The second kappa shape index (κ2) is 6.59. The van der Waals surface area contributed by atoms with Gasteiger partial charge < -0.3 is 15.4 Å². The minimum atomic E-state index is 0.0316. The number of nitrogens with zero attached hydrogens (tertiary/aromatic N) is 1. The molecule has 2 rings (SSSR count). The highest BCUT2D eigenvalue weighted by Gasteiger charge is 2.27. The van der Waals surface area contributed by atoms with E-state index < -0.39 is 0 Å². The molecule has 1 aliphatic heterocycles. The van der Waals surface area contributed by atoms with Crippen LogP contribution >= 0.6 is 15.9 Å². The lowest BCUT2D eigenvalue weighted by Crippen LogP contribution is -2.30. The second-order valence-corrected chi connectivity index (χ2v) is 6.36. The van der Waals surface area contributed by atoms with Gasteiger partial charge in [0, 0.05) is 17.6 Å². The highest BCUT2D eigenvalue weighted by molar-refractivity contribution is 9.10. The zero-order valence-electron chi connectivity index (χ0n) is 11.9. The summed E-state index contributed by atoms with van der Waals surface area (Å²) in [7, 11) is 0. The van der Waals surface area contributed by atoms with E-state index in [1.54, 1.807) is 0 Å². The van der Waals surface area contributed by atoms with Crippen molar-refractivity contribution in [3.63, 3.8) is 0 Å². The average Bonchev–Trinajstić information content (AvgIpc) is 2.86. The number of amides is 1. The van der Waals surface area contributed by atoms with Crippen LogP contribution in [-0.4, -0.2) is 36.5 Å². The summed E-state index contributed by atoms with van der Waals surface area (Å²) in [6.45, 7) is 6.06. The van der Waals surface area contributed by atoms with Gasteiger partial charge in [-0.25, -0.2) is 0 Å². The molecule has 110 valence electrons. The largest absolute Gasteiger partial charge is 0.490 e. The Morgan fingerprint density at radius 3 is 2.90 bits per heavy atom. The van der Waals surface area contributed by atoms with Crippen molar-refractivity contribution in [1.29, 1.82) is 0 Å². The van der Waals surface area contributed by atoms with Crippen molar-refractivity contribution in [3.8, 4) is 5.75 Å². The number of nitrogens with two attached hydrogens (primary N) is 1. The van der Waals surface area contributed by atoms with E-state index in [0.29, 0.717) is 23.8 Å². The molecule has 1 fully saturated rings. The summed E-state index contributed by atoms with van der Waals surface area (Å²) in [6, 6.07) is 5.54. The number of rotatable bonds is 4. The standard InChI is InChI=1S/C15H21BrN2O2/c1-10(2)20-14-7-12(16)3-4-13(14)15(19)18-6-5-11(8-17)9-18/h3-4,7,10-11H,5-6,8-9,17H2,1-2H3/t11-/m0/s1. The fraction of sp³-hybridized carbons (Fsp3) is 0.533. The Kier molecular flexibility index (Phi) is 5.05. The number of hydrogen-bond donors (Lipinski definition) is 1. The lowest BCUT2D eigenvalue weighted by Gasteiger charge is -2.20. The molecule has 2 N–H and O–H groups in total. The molecule has 0 saturated carbocycles. The SMILES string of the molecule is CC(C)Oc1cc(Br)ccc1C(=O)N1CC[C@@H](CN)C1. The van der Waals surface area contributed by atoms with Gasteiger partial charge in [-0.2, -0.15) is 0 Å². The molecule has 1 aromatic carbocycles. The Bertz CT molecular complexity index is 491. The number of halogens is 1. The maximum Gasteiger partial charge on any atom is 0.257 e. The van der Waals surface area contributed by atoms with E-state index in [1.807, 2.05) is 36.9 Å². The highest BCUT2D eigenvalue weighted by atomic mass is 79.9. The lowest BCUT2D eigenvalue weighted by molar-refractivity contribution is 0.0781. The van der Waals surface area contributed by atoms with Gasteiger partial charge in [-0.3, -0.25) is 4.79 Å². The molecule has 1 aromatic rings. The summed E-state index contributed by atoms with van der Waals surface area (Å²) >= 11 is 3.42. The van der Waals surface area contributed by atoms with Gasteiger partial charge in [-0.1, -0.05) is 15.9 Å². The van der Waals surface area contributed by atoms with E-state index in [9.17, 15) is 4.79 Å². The first-order valence-corrected chi connectivity index (χ1v) is 7.76. The normalized spacial score (nSPS) is 18.6. The van der Waals surface area contributed by atoms with E-state index in [0.717, 1.165) is 24.0 Å². The molecule has 0 aromatic heterocycles. The fourth-order valence-electron chi connectivity index (χ4n) is 2.40. The molecule has 1 saturated heterocycles. The summed E-state index contributed by atoms with van der Waals surface area (Å²) in [6.07, 6.45) is 1.02. The van der Waals surface area contributed by atoms with Gasteiger partial charge in [-0.05, 0) is 50.9 Å². The van der Waals surface area contributed by atoms with Gasteiger partial charge in [0.25, 0.3) is 5.91 Å². The van der Waals surface area contributed by atoms with Crippen LogP contribution in [0.1, 0.15) is 30.6 Å². The Labute approximate surface area is 128 Å². The van der Waals surface area contributed by atoms with Crippen molar-refractivity contribution in [2.24, 2.45) is 11.7 Å². The molecule has 5 heteroatoms. The minimum absolute atomic E-state index is 0.0316. The van der Waals surface area contributed by atoms with Gasteiger partial charge in [0.15, 0.2) is 0 Å². The quantitative estimate of drug-likeness (QED) is 0.916. The number of hydrogen-bond acceptors (Lipinski definition) is 3. The third-order valence-electron chi connectivity index (χ3n) is 3.44. The fourth-order valence-corrected chi connectivity index (χ4v) is 2.74. The van der Waals surface area contributed by atoms with Crippen LogP contribution in [0, 0.1) is 5.92 Å². The van der Waals surface area contributed by atoms with Gasteiger partial charge in [0.05, 0.1) is 11.7 Å². The van der Waals surface area contributed by atoms with Crippen LogP contribution < -0.4 is 10.5 Å². The van der Waals surface area contributed by atoms with Crippen molar-refractivity contribution < 1.29 is 9.53 Å². The predicted octanol–water partition coefficient (Wildman–Crippen LogP) is 2.66. The van der Waals surface area contributed by atoms with E-state index in [1.165, 1.54) is 0 Å². The maximum atomic E-state index is 12.6. The number of benzene rings is 1. The van der Waals surface area contributed by atoms with Crippen molar-refractivity contribution in [1.82, 2.24) is 4.90 Å². The van der Waals surface area contributed by atoms with Crippen molar-refractivity contribution in [3.05, 3.63) is 28.2 Å². The number of likely N-dealkylation sites (tertiary alicyclic amines) is 1. The van der Waals surface area contributed by atoms with E-state index in [-0.39, 0.29) is 12.0 Å². The summed E-state index contributed by atoms with van der Waals surface area (Å²) in [4.78, 5) is 14.5. The summed E-state index contributed by atoms with van der Waals surface area (Å²) in [5.74, 6) is 1.09. The first kappa shape index (κ1) is 15.3. The second-order valence-electron chi connectivity index (χ2n) is 5.45. The molecular formula is C15H21BrN2O2. The topological polar surface area (TPSA) is 55.6 Å². The zero-order valence-corrected chi connectivity index (χ0v) is 13.5. The minimum Gasteiger partial charge on any atom is -0.490 e. The monoisotopic (exact) mass is 340 g/mol. The number of carbonyl (C=O) groups is 1. The van der Waals surface area contributed by atoms with Crippen molar-refractivity contribution >= 4 is 21.8 Å². The van der Waals surface area contributed by atoms with Gasteiger partial charge in [0.2, 0.25) is 0 Å². The number of carbonyl (C=O) groups excluding carboxylic acids is 1. The first-order chi connectivity index (χ1) is 9.51. The smallest absolute Gasteiger partial charge is 0.257 e. The molecule has 1 aliphatic rings. The molecule has 0 unspecified atom stereocenters. The zero-order chi connectivity index (χ0) is 14.7. The molecule has 1 amide bonds. The summed E-state index contributed by atoms with van der Waals surface area (Å²) in [5.41, 5.74) is 6.31. The number of ether oxygens (including phenoxy) is 1. The Hall–Kier alpha value is -1.07. The molecule has 20 heavy (non-hydrogen) atoms. The molecular weight excluding hydrogens is 320 g/mol. The molecule has 4 nitrogen and oxygen atoms in total. The van der Waals surface area contributed by atoms with E-state index in [4.69, 9.17) is 10.5 Å². The average molecular weight is 341 g/mol. The highest BCUT2D eigenvalue weighted by Crippen LogP contribution is 2.27. The molecule has 0 bridgehead atoms. The summed E-state index contributed by atoms with van der Waals surface area (Å²) in [5, 5.41) is 0. The van der Waals surface area contributed by atoms with Gasteiger partial charge >= 0.3 is 0 Å². The third-order valence-corrected chi connectivity index (χ3v) is 3.94. The van der Waals surface area contributed by atoms with Crippen molar-refractivity contribution in [2.45, 2.75) is 26.4 Å². The Morgan fingerprint density at radius 1 is 1.55 bits per heavy atom. The van der Waals surface area contributed by atoms with Crippen LogP contribution in [0.5, 0.6) is 5.75 Å². The molecule has 1 atom stereocenters. The van der Waals surface area contributed by atoms with Crippen LogP contribution in [-0.2, 0) is 0 Å². The molecule has 0 radical (unpaired) electrons. The van der Waals surface area contributed by atoms with Crippen LogP contribution in [0.4, 0.5) is 0 Å². The van der Waals surface area contributed by atoms with Crippen LogP contribution in [0.25, 0.3) is 0 Å². The van der Waals surface area contributed by atoms with Crippen LogP contribution in [0.15, 0.2) is 22.7 Å². The van der Waals surface area contributed by atoms with E-state index >= 15 is 0 Å². The van der Waals surface area contributed by atoms with Crippen LogP contribution in [0.3, 0.4) is 0 Å². The first-order valence-electron chi connectivity index (χ1n) is 6.96. The van der Waals surface area contributed by atoms with Gasteiger partial charge in [-0.15, -0.1) is 0 Å². The van der Waals surface area contributed by atoms with Crippen molar-refractivity contribution in [2.75, 3.05) is 19.6 Å². The van der Waals surface area contributed by atoms with E-state index in [2.05, 4.69) is 15.9 Å². The molecule has 0 aliphatic carbocycles.